The van der Waals surface area contributed by atoms with Crippen molar-refractivity contribution in [2.24, 2.45) is 0 Å². The third-order valence-electron chi connectivity index (χ3n) is 4.76. The van der Waals surface area contributed by atoms with Crippen LogP contribution in [-0.2, 0) is 17.6 Å². The molecule has 0 radical (unpaired) electrons. The average Bonchev–Trinajstić information content (AvgIpc) is 2.72. The summed E-state index contributed by atoms with van der Waals surface area (Å²) in [6, 6.07) is 23.2. The summed E-state index contributed by atoms with van der Waals surface area (Å²) >= 11 is 5.96. The first kappa shape index (κ1) is 23.9. The molecule has 0 bridgehead atoms. The second kappa shape index (κ2) is 11.7. The van der Waals surface area contributed by atoms with Crippen LogP contribution in [0.3, 0.4) is 0 Å². The predicted octanol–water partition coefficient (Wildman–Crippen LogP) is 4.92. The molecule has 6 heteroatoms. The van der Waals surface area contributed by atoms with Gasteiger partial charge in [-0.05, 0) is 52.9 Å². The fraction of sp³-hybridized carbons (Fsp3) is 0.208. The zero-order valence-corrected chi connectivity index (χ0v) is 18.0. The molecule has 3 aromatic carbocycles. The van der Waals surface area contributed by atoms with Gasteiger partial charge in [-0.3, -0.25) is 4.79 Å². The maximum atomic E-state index is 10.8. The summed E-state index contributed by atoms with van der Waals surface area (Å²) in [6.45, 7) is 1.24. The van der Waals surface area contributed by atoms with Crippen LogP contribution in [0.2, 0.25) is 5.02 Å². The fourth-order valence-electron chi connectivity index (χ4n) is 3.16. The van der Waals surface area contributed by atoms with E-state index in [9.17, 15) is 9.90 Å². The van der Waals surface area contributed by atoms with Crippen LogP contribution in [0, 0.1) is 0 Å². The molecule has 0 heterocycles. The van der Waals surface area contributed by atoms with E-state index < -0.39 is 12.1 Å². The van der Waals surface area contributed by atoms with Crippen molar-refractivity contribution in [3.05, 3.63) is 94.5 Å². The lowest BCUT2D eigenvalue weighted by Crippen LogP contribution is -2.23. The molecule has 0 fully saturated rings. The van der Waals surface area contributed by atoms with E-state index in [2.05, 4.69) is 29.6 Å². The van der Waals surface area contributed by atoms with Gasteiger partial charge in [0.1, 0.15) is 0 Å². The summed E-state index contributed by atoms with van der Waals surface area (Å²) in [7, 11) is 0. The molecule has 0 aliphatic carbocycles. The van der Waals surface area contributed by atoms with E-state index in [1.54, 1.807) is 12.1 Å². The van der Waals surface area contributed by atoms with Crippen molar-refractivity contribution >= 4 is 30.0 Å². The van der Waals surface area contributed by atoms with Crippen LogP contribution in [0.5, 0.6) is 0 Å². The Hall–Kier alpha value is -2.37. The zero-order valence-electron chi connectivity index (χ0n) is 16.4. The smallest absolute Gasteiger partial charge is 0.307 e. The first-order valence-corrected chi connectivity index (χ1v) is 9.93. The van der Waals surface area contributed by atoms with E-state index in [1.165, 1.54) is 5.56 Å². The minimum Gasteiger partial charge on any atom is -0.481 e. The number of carbonyl (C=O) groups is 1. The summed E-state index contributed by atoms with van der Waals surface area (Å²) in [6.07, 6.45) is 0.318. The number of hydrogen-bond donors (Lipinski definition) is 3. The third-order valence-corrected chi connectivity index (χ3v) is 4.99. The lowest BCUT2D eigenvalue weighted by molar-refractivity contribution is -0.136. The molecule has 0 saturated heterocycles. The number of carboxylic acid groups (broad SMARTS) is 1. The summed E-state index contributed by atoms with van der Waals surface area (Å²) in [5, 5.41) is 23.0. The fourth-order valence-corrected chi connectivity index (χ4v) is 3.36. The molecule has 0 amide bonds. The second-order valence-electron chi connectivity index (χ2n) is 6.99. The van der Waals surface area contributed by atoms with Crippen molar-refractivity contribution in [2.45, 2.75) is 18.9 Å². The highest BCUT2D eigenvalue weighted by molar-refractivity contribution is 6.30. The number of halogens is 2. The second-order valence-corrected chi connectivity index (χ2v) is 7.43. The molecule has 0 saturated carbocycles. The van der Waals surface area contributed by atoms with Crippen molar-refractivity contribution in [3.8, 4) is 11.1 Å². The molecular formula is C24H25Cl2NO3. The molecule has 4 nitrogen and oxygen atoms in total. The summed E-state index contributed by atoms with van der Waals surface area (Å²) in [5.74, 6) is -0.823. The molecule has 0 spiro atoms. The van der Waals surface area contributed by atoms with Crippen molar-refractivity contribution < 1.29 is 15.0 Å². The molecule has 0 unspecified atom stereocenters. The molecule has 158 valence electrons. The van der Waals surface area contributed by atoms with E-state index in [-0.39, 0.29) is 18.8 Å². The number of benzene rings is 3. The lowest BCUT2D eigenvalue weighted by atomic mass is 10.0. The normalized spacial score (nSPS) is 11.5. The minimum atomic E-state index is -0.823. The van der Waals surface area contributed by atoms with Crippen molar-refractivity contribution in [3.63, 3.8) is 0 Å². The standard InChI is InChI=1S/C24H24ClNO3.ClH/c25-22-3-1-2-21(15-22)23(27)16-26-13-12-17-4-8-19(9-5-17)20-10-6-18(7-11-20)14-24(28)29;/h1-11,15,23,26-27H,12-14,16H2,(H,28,29);1H/t23-;/m0./s1. The Balaban J connectivity index is 0.00000320. The topological polar surface area (TPSA) is 69.6 Å². The van der Waals surface area contributed by atoms with Gasteiger partial charge in [0.15, 0.2) is 0 Å². The van der Waals surface area contributed by atoms with Gasteiger partial charge in [-0.1, -0.05) is 72.3 Å². The van der Waals surface area contributed by atoms with Crippen LogP contribution < -0.4 is 5.32 Å². The van der Waals surface area contributed by atoms with Gasteiger partial charge in [-0.25, -0.2) is 0 Å². The Kier molecular flexibility index (Phi) is 9.34. The van der Waals surface area contributed by atoms with Crippen LogP contribution in [0.1, 0.15) is 22.8 Å². The summed E-state index contributed by atoms with van der Waals surface area (Å²) in [5.41, 5.74) is 4.97. The van der Waals surface area contributed by atoms with E-state index in [0.29, 0.717) is 11.6 Å². The largest absolute Gasteiger partial charge is 0.481 e. The summed E-state index contributed by atoms with van der Waals surface area (Å²) < 4.78 is 0. The molecule has 0 aliphatic heterocycles. The van der Waals surface area contributed by atoms with Gasteiger partial charge in [-0.2, -0.15) is 0 Å². The van der Waals surface area contributed by atoms with Gasteiger partial charge in [-0.15, -0.1) is 12.4 Å². The highest BCUT2D eigenvalue weighted by Crippen LogP contribution is 2.21. The van der Waals surface area contributed by atoms with E-state index in [4.69, 9.17) is 16.7 Å². The van der Waals surface area contributed by atoms with Crippen LogP contribution in [0.4, 0.5) is 0 Å². The first-order valence-electron chi connectivity index (χ1n) is 9.55. The number of nitrogens with one attached hydrogen (secondary N) is 1. The maximum absolute atomic E-state index is 10.8. The Morgan fingerprint density at radius 3 is 2.10 bits per heavy atom. The van der Waals surface area contributed by atoms with Crippen molar-refractivity contribution in [1.82, 2.24) is 5.32 Å². The van der Waals surface area contributed by atoms with Gasteiger partial charge in [0, 0.05) is 11.6 Å². The Morgan fingerprint density at radius 2 is 1.53 bits per heavy atom. The first-order chi connectivity index (χ1) is 14.0. The monoisotopic (exact) mass is 445 g/mol. The number of carboxylic acids is 1. The van der Waals surface area contributed by atoms with Crippen LogP contribution >= 0.6 is 24.0 Å². The Morgan fingerprint density at radius 1 is 0.933 bits per heavy atom. The van der Waals surface area contributed by atoms with Gasteiger partial charge in [0.2, 0.25) is 0 Å². The molecule has 3 rings (SSSR count). The Bertz CT molecular complexity index is 943. The lowest BCUT2D eigenvalue weighted by Gasteiger charge is -2.12. The predicted molar refractivity (Wildman–Crippen MR) is 123 cm³/mol. The highest BCUT2D eigenvalue weighted by Gasteiger charge is 2.07. The van der Waals surface area contributed by atoms with Crippen molar-refractivity contribution in [2.75, 3.05) is 13.1 Å². The molecule has 30 heavy (non-hydrogen) atoms. The number of aliphatic hydroxyl groups excluding tert-OH is 1. The zero-order chi connectivity index (χ0) is 20.6. The highest BCUT2D eigenvalue weighted by atomic mass is 35.5. The van der Waals surface area contributed by atoms with E-state index in [0.717, 1.165) is 35.2 Å². The van der Waals surface area contributed by atoms with Gasteiger partial charge in [0.25, 0.3) is 0 Å². The number of aliphatic hydroxyl groups is 1. The maximum Gasteiger partial charge on any atom is 0.307 e. The van der Waals surface area contributed by atoms with Crippen LogP contribution in [0.25, 0.3) is 11.1 Å². The van der Waals surface area contributed by atoms with Crippen LogP contribution in [-0.4, -0.2) is 29.3 Å². The molecule has 0 aliphatic rings. The number of rotatable bonds is 9. The summed E-state index contributed by atoms with van der Waals surface area (Å²) in [4.78, 5) is 10.8. The molecule has 0 aromatic heterocycles. The molecule has 3 N–H and O–H groups in total. The molecule has 1 atom stereocenters. The minimum absolute atomic E-state index is 0. The third kappa shape index (κ3) is 7.15. The van der Waals surface area contributed by atoms with Gasteiger partial charge < -0.3 is 15.5 Å². The molecule has 3 aromatic rings. The van der Waals surface area contributed by atoms with Crippen LogP contribution in [0.15, 0.2) is 72.8 Å². The van der Waals surface area contributed by atoms with Gasteiger partial charge in [0.05, 0.1) is 12.5 Å². The van der Waals surface area contributed by atoms with E-state index >= 15 is 0 Å². The molecular weight excluding hydrogens is 421 g/mol. The number of aliphatic carboxylic acids is 1. The number of hydrogen-bond acceptors (Lipinski definition) is 3. The SMILES string of the molecule is Cl.O=C(O)Cc1ccc(-c2ccc(CCNC[C@H](O)c3cccc(Cl)c3)cc2)cc1. The average molecular weight is 446 g/mol. The quantitative estimate of drug-likeness (QED) is 0.408. The van der Waals surface area contributed by atoms with Crippen molar-refractivity contribution in [1.29, 1.82) is 0 Å². The Labute approximate surface area is 187 Å². The van der Waals surface area contributed by atoms with E-state index in [1.807, 2.05) is 36.4 Å². The van der Waals surface area contributed by atoms with Gasteiger partial charge >= 0.3 is 5.97 Å².